The maximum Gasteiger partial charge on any atom is 0.230 e. The average Bonchev–Trinajstić information content (AvgIpc) is 2.17. The fraction of sp³-hybridized carbons (Fsp3) is 0.417. The molecule has 0 aliphatic rings. The van der Waals surface area contributed by atoms with E-state index in [-0.39, 0.29) is 11.4 Å². The maximum absolute atomic E-state index is 11.6. The number of nitrogen functional groups attached to an aromatic ring is 1. The number of hydrogen-bond donors (Lipinski definition) is 2. The Balaban J connectivity index is 2.50. The summed E-state index contributed by atoms with van der Waals surface area (Å²) in [5, 5.41) is 3.42. The first-order valence-electron chi connectivity index (χ1n) is 5.27. The van der Waals surface area contributed by atoms with Crippen LogP contribution in [0.15, 0.2) is 23.1 Å². The second-order valence-electron chi connectivity index (χ2n) is 4.77. The summed E-state index contributed by atoms with van der Waals surface area (Å²) in [4.78, 5) is 12.5. The molecule has 1 aromatic carbocycles. The summed E-state index contributed by atoms with van der Waals surface area (Å²) in [6, 6.07) is 5.37. The number of benzene rings is 1. The van der Waals surface area contributed by atoms with Crippen LogP contribution in [0.5, 0.6) is 0 Å². The monoisotopic (exact) mass is 272 g/mol. The van der Waals surface area contributed by atoms with Gasteiger partial charge in [0.1, 0.15) is 0 Å². The van der Waals surface area contributed by atoms with E-state index in [4.69, 9.17) is 17.3 Å². The predicted molar refractivity (Wildman–Crippen MR) is 74.5 cm³/mol. The molecule has 1 aromatic rings. The zero-order valence-electron chi connectivity index (χ0n) is 10.2. The Morgan fingerprint density at radius 2 is 2.12 bits per heavy atom. The van der Waals surface area contributed by atoms with Crippen molar-refractivity contribution < 1.29 is 4.79 Å². The van der Waals surface area contributed by atoms with E-state index >= 15 is 0 Å². The van der Waals surface area contributed by atoms with E-state index < -0.39 is 0 Å². The third-order valence-electron chi connectivity index (χ3n) is 1.86. The fourth-order valence-electron chi connectivity index (χ4n) is 1.20. The zero-order valence-corrected chi connectivity index (χ0v) is 11.8. The molecular formula is C12H17ClN2OS. The molecule has 0 aliphatic carbocycles. The summed E-state index contributed by atoms with van der Waals surface area (Å²) in [6.45, 7) is 5.86. The summed E-state index contributed by atoms with van der Waals surface area (Å²) in [5.41, 5.74) is 5.96. The van der Waals surface area contributed by atoms with Crippen molar-refractivity contribution in [2.75, 3.05) is 11.5 Å². The van der Waals surface area contributed by atoms with E-state index in [0.717, 1.165) is 4.90 Å². The van der Waals surface area contributed by atoms with Crippen molar-refractivity contribution in [3.63, 3.8) is 0 Å². The third kappa shape index (κ3) is 5.33. The van der Waals surface area contributed by atoms with E-state index in [0.29, 0.717) is 16.5 Å². The lowest BCUT2D eigenvalue weighted by Gasteiger charge is -2.20. The highest BCUT2D eigenvalue weighted by molar-refractivity contribution is 8.00. The summed E-state index contributed by atoms with van der Waals surface area (Å²) in [6.07, 6.45) is 0. The van der Waals surface area contributed by atoms with Gasteiger partial charge in [-0.15, -0.1) is 11.8 Å². The number of nitrogens with two attached hydrogens (primary N) is 1. The van der Waals surface area contributed by atoms with Crippen molar-refractivity contribution in [1.82, 2.24) is 5.32 Å². The van der Waals surface area contributed by atoms with Gasteiger partial charge in [-0.1, -0.05) is 11.6 Å². The van der Waals surface area contributed by atoms with E-state index in [2.05, 4.69) is 5.32 Å². The lowest BCUT2D eigenvalue weighted by Crippen LogP contribution is -2.41. The number of hydrogen-bond acceptors (Lipinski definition) is 3. The minimum Gasteiger partial charge on any atom is -0.398 e. The van der Waals surface area contributed by atoms with Crippen molar-refractivity contribution in [2.45, 2.75) is 31.2 Å². The van der Waals surface area contributed by atoms with Crippen LogP contribution < -0.4 is 11.1 Å². The Labute approximate surface area is 111 Å². The second-order valence-corrected chi connectivity index (χ2v) is 6.23. The number of rotatable bonds is 3. The number of thioether (sulfide) groups is 1. The van der Waals surface area contributed by atoms with Crippen molar-refractivity contribution in [3.05, 3.63) is 23.2 Å². The van der Waals surface area contributed by atoms with Gasteiger partial charge in [0.15, 0.2) is 0 Å². The highest BCUT2D eigenvalue weighted by Gasteiger charge is 2.13. The van der Waals surface area contributed by atoms with Gasteiger partial charge < -0.3 is 11.1 Å². The molecule has 1 amide bonds. The zero-order chi connectivity index (χ0) is 13.1. The van der Waals surface area contributed by atoms with Crippen LogP contribution in [0.3, 0.4) is 0 Å². The molecule has 0 aliphatic heterocycles. The van der Waals surface area contributed by atoms with Crippen LogP contribution in [0.1, 0.15) is 20.8 Å². The van der Waals surface area contributed by atoms with Crippen LogP contribution in [-0.4, -0.2) is 17.2 Å². The first-order chi connectivity index (χ1) is 7.78. The first kappa shape index (κ1) is 14.2. The van der Waals surface area contributed by atoms with Crippen LogP contribution >= 0.6 is 23.4 Å². The van der Waals surface area contributed by atoms with Gasteiger partial charge in [-0.05, 0) is 39.0 Å². The molecule has 0 fully saturated rings. The molecule has 0 heterocycles. The van der Waals surface area contributed by atoms with Crippen LogP contribution in [0.25, 0.3) is 0 Å². The molecule has 1 rings (SSSR count). The number of amides is 1. The lowest BCUT2D eigenvalue weighted by atomic mass is 10.1. The third-order valence-corrected chi connectivity index (χ3v) is 3.18. The number of carbonyl (C=O) groups excluding carboxylic acids is 1. The lowest BCUT2D eigenvalue weighted by molar-refractivity contribution is -0.119. The van der Waals surface area contributed by atoms with Gasteiger partial charge in [0, 0.05) is 10.4 Å². The van der Waals surface area contributed by atoms with Gasteiger partial charge >= 0.3 is 0 Å². The minimum absolute atomic E-state index is 0.00967. The van der Waals surface area contributed by atoms with Gasteiger partial charge in [0.25, 0.3) is 0 Å². The van der Waals surface area contributed by atoms with Crippen LogP contribution in [0.2, 0.25) is 5.02 Å². The average molecular weight is 273 g/mol. The molecule has 0 spiro atoms. The highest BCUT2D eigenvalue weighted by atomic mass is 35.5. The Kier molecular flexibility index (Phi) is 4.71. The van der Waals surface area contributed by atoms with E-state index in [1.807, 2.05) is 26.8 Å². The number of halogens is 1. The SMILES string of the molecule is CC(C)(C)NC(=O)CSc1ccc(N)c(Cl)c1. The van der Waals surface area contributed by atoms with Gasteiger partial charge in [-0.25, -0.2) is 0 Å². The molecule has 94 valence electrons. The van der Waals surface area contributed by atoms with Crippen molar-refractivity contribution in [2.24, 2.45) is 0 Å². The van der Waals surface area contributed by atoms with Crippen LogP contribution in [-0.2, 0) is 4.79 Å². The summed E-state index contributed by atoms with van der Waals surface area (Å²) < 4.78 is 0. The molecule has 0 atom stereocenters. The van der Waals surface area contributed by atoms with Crippen LogP contribution in [0, 0.1) is 0 Å². The molecule has 0 unspecified atom stereocenters. The minimum atomic E-state index is -0.198. The maximum atomic E-state index is 11.6. The van der Waals surface area contributed by atoms with Crippen molar-refractivity contribution in [1.29, 1.82) is 0 Å². The van der Waals surface area contributed by atoms with Gasteiger partial charge in [0.2, 0.25) is 5.91 Å². The van der Waals surface area contributed by atoms with Gasteiger partial charge in [-0.2, -0.15) is 0 Å². The number of anilines is 1. The van der Waals surface area contributed by atoms with Crippen molar-refractivity contribution in [3.8, 4) is 0 Å². The standard InChI is InChI=1S/C12H17ClN2OS/c1-12(2,3)15-11(16)7-17-8-4-5-10(14)9(13)6-8/h4-6H,7,14H2,1-3H3,(H,15,16). The Bertz CT molecular complexity index is 415. The molecule has 17 heavy (non-hydrogen) atoms. The van der Waals surface area contributed by atoms with Gasteiger partial charge in [0.05, 0.1) is 16.5 Å². The molecular weight excluding hydrogens is 256 g/mol. The normalized spacial score (nSPS) is 11.3. The van der Waals surface area contributed by atoms with E-state index in [9.17, 15) is 4.79 Å². The Morgan fingerprint density at radius 3 is 2.65 bits per heavy atom. The quantitative estimate of drug-likeness (QED) is 0.657. The topological polar surface area (TPSA) is 55.1 Å². The summed E-state index contributed by atoms with van der Waals surface area (Å²) >= 11 is 7.34. The largest absolute Gasteiger partial charge is 0.398 e. The second kappa shape index (κ2) is 5.65. The summed E-state index contributed by atoms with van der Waals surface area (Å²) in [5.74, 6) is 0.382. The Morgan fingerprint density at radius 1 is 1.47 bits per heavy atom. The van der Waals surface area contributed by atoms with E-state index in [1.54, 1.807) is 12.1 Å². The molecule has 0 bridgehead atoms. The predicted octanol–water partition coefficient (Wildman–Crippen LogP) is 2.93. The Hall–Kier alpha value is -0.870. The van der Waals surface area contributed by atoms with Crippen LogP contribution in [0.4, 0.5) is 5.69 Å². The smallest absolute Gasteiger partial charge is 0.230 e. The molecule has 3 nitrogen and oxygen atoms in total. The van der Waals surface area contributed by atoms with Crippen molar-refractivity contribution >= 4 is 35.0 Å². The van der Waals surface area contributed by atoms with E-state index in [1.165, 1.54) is 11.8 Å². The highest BCUT2D eigenvalue weighted by Crippen LogP contribution is 2.26. The molecule has 0 radical (unpaired) electrons. The number of nitrogens with one attached hydrogen (secondary N) is 1. The molecule has 0 saturated carbocycles. The molecule has 3 N–H and O–H groups in total. The molecule has 0 aromatic heterocycles. The molecule has 5 heteroatoms. The van der Waals surface area contributed by atoms with Gasteiger partial charge in [-0.3, -0.25) is 4.79 Å². The first-order valence-corrected chi connectivity index (χ1v) is 6.63. The molecule has 0 saturated heterocycles. The summed E-state index contributed by atoms with van der Waals surface area (Å²) in [7, 11) is 0. The fourth-order valence-corrected chi connectivity index (χ4v) is 2.18. The number of carbonyl (C=O) groups is 1.